The van der Waals surface area contributed by atoms with Crippen LogP contribution in [0.15, 0.2) is 101 Å². The minimum Gasteiger partial charge on any atom is -0.431 e. The number of para-hydroxylation sites is 2. The normalized spacial score (nSPS) is 11.0. The standard InChI is InChI=1S/C26H22N4O2S/c31-25(28-15-19-9-11-20(12-10-19)16-30-14-13-27-18-30)22-6-2-1-5-21(22)17-33-26-29-23-7-3-4-8-24(23)32-26/h1-14,18H,15-17H2,(H,28,31). The zero-order valence-electron chi connectivity index (χ0n) is 17.8. The van der Waals surface area contributed by atoms with Crippen molar-refractivity contribution in [3.63, 3.8) is 0 Å². The second kappa shape index (κ2) is 9.75. The molecule has 0 unspecified atom stereocenters. The second-order valence-corrected chi connectivity index (χ2v) is 8.55. The average Bonchev–Trinajstić information content (AvgIpc) is 3.52. The van der Waals surface area contributed by atoms with Crippen molar-refractivity contribution >= 4 is 28.8 Å². The summed E-state index contributed by atoms with van der Waals surface area (Å²) < 4.78 is 7.80. The quantitative estimate of drug-likeness (QED) is 0.322. The van der Waals surface area contributed by atoms with E-state index in [9.17, 15) is 4.79 Å². The van der Waals surface area contributed by atoms with E-state index in [2.05, 4.69) is 27.4 Å². The first-order valence-electron chi connectivity index (χ1n) is 10.6. The molecular formula is C26H22N4O2S. The summed E-state index contributed by atoms with van der Waals surface area (Å²) in [6.45, 7) is 1.24. The minimum absolute atomic E-state index is 0.0914. The lowest BCUT2D eigenvalue weighted by atomic mass is 10.1. The van der Waals surface area contributed by atoms with Gasteiger partial charge in [-0.3, -0.25) is 4.79 Å². The Hall–Kier alpha value is -3.84. The molecule has 3 aromatic carbocycles. The molecule has 0 saturated heterocycles. The Morgan fingerprint density at radius 3 is 2.58 bits per heavy atom. The summed E-state index contributed by atoms with van der Waals surface area (Å²) in [5.74, 6) is 0.505. The van der Waals surface area contributed by atoms with Crippen molar-refractivity contribution in [2.45, 2.75) is 24.1 Å². The smallest absolute Gasteiger partial charge is 0.257 e. The maximum absolute atomic E-state index is 12.9. The number of amides is 1. The Labute approximate surface area is 195 Å². The number of nitrogens with one attached hydrogen (secondary N) is 1. The van der Waals surface area contributed by atoms with Crippen molar-refractivity contribution in [2.75, 3.05) is 0 Å². The number of thioether (sulfide) groups is 1. The number of rotatable bonds is 8. The first-order valence-corrected chi connectivity index (χ1v) is 11.6. The van der Waals surface area contributed by atoms with Gasteiger partial charge in [0.05, 0.1) is 6.33 Å². The van der Waals surface area contributed by atoms with Gasteiger partial charge in [-0.2, -0.15) is 0 Å². The molecule has 5 rings (SSSR count). The fourth-order valence-electron chi connectivity index (χ4n) is 3.55. The number of hydrogen-bond acceptors (Lipinski definition) is 5. The first kappa shape index (κ1) is 21.0. The van der Waals surface area contributed by atoms with Crippen LogP contribution in [0.4, 0.5) is 0 Å². The highest BCUT2D eigenvalue weighted by Gasteiger charge is 2.13. The molecule has 2 aromatic heterocycles. The predicted octanol–water partition coefficient (Wildman–Crippen LogP) is 5.29. The van der Waals surface area contributed by atoms with Crippen molar-refractivity contribution in [2.24, 2.45) is 0 Å². The summed E-state index contributed by atoms with van der Waals surface area (Å²) in [6.07, 6.45) is 5.51. The molecule has 33 heavy (non-hydrogen) atoms. The largest absolute Gasteiger partial charge is 0.431 e. The number of hydrogen-bond donors (Lipinski definition) is 1. The summed E-state index contributed by atoms with van der Waals surface area (Å²) >= 11 is 1.48. The summed E-state index contributed by atoms with van der Waals surface area (Å²) in [7, 11) is 0. The van der Waals surface area contributed by atoms with Crippen LogP contribution in [-0.2, 0) is 18.8 Å². The van der Waals surface area contributed by atoms with Crippen LogP contribution < -0.4 is 5.32 Å². The third kappa shape index (κ3) is 5.15. The molecule has 2 heterocycles. The van der Waals surface area contributed by atoms with E-state index in [1.165, 1.54) is 17.3 Å². The van der Waals surface area contributed by atoms with Crippen molar-refractivity contribution in [3.05, 3.63) is 114 Å². The Kier molecular flexibility index (Phi) is 6.21. The fraction of sp³-hybridized carbons (Fsp3) is 0.115. The highest BCUT2D eigenvalue weighted by Crippen LogP contribution is 2.27. The van der Waals surface area contributed by atoms with E-state index < -0.39 is 0 Å². The van der Waals surface area contributed by atoms with Crippen LogP contribution in [0, 0.1) is 0 Å². The van der Waals surface area contributed by atoms with Gasteiger partial charge in [-0.15, -0.1) is 0 Å². The van der Waals surface area contributed by atoms with Gasteiger partial charge in [0, 0.05) is 36.8 Å². The van der Waals surface area contributed by atoms with E-state index in [-0.39, 0.29) is 5.91 Å². The van der Waals surface area contributed by atoms with Crippen molar-refractivity contribution in [3.8, 4) is 0 Å². The maximum atomic E-state index is 12.9. The molecule has 1 N–H and O–H groups in total. The lowest BCUT2D eigenvalue weighted by molar-refractivity contribution is 0.0950. The molecule has 0 fully saturated rings. The monoisotopic (exact) mass is 454 g/mol. The van der Waals surface area contributed by atoms with Crippen LogP contribution in [0.3, 0.4) is 0 Å². The van der Waals surface area contributed by atoms with E-state index in [4.69, 9.17) is 4.42 Å². The van der Waals surface area contributed by atoms with Crippen LogP contribution in [-0.4, -0.2) is 20.4 Å². The van der Waals surface area contributed by atoms with Crippen LogP contribution in [0.2, 0.25) is 0 Å². The molecule has 0 aliphatic carbocycles. The van der Waals surface area contributed by atoms with Gasteiger partial charge in [0.25, 0.3) is 11.1 Å². The van der Waals surface area contributed by atoms with E-state index in [0.29, 0.717) is 23.1 Å². The molecule has 164 valence electrons. The summed E-state index contributed by atoms with van der Waals surface area (Å²) in [6, 6.07) is 23.6. The highest BCUT2D eigenvalue weighted by atomic mass is 32.2. The van der Waals surface area contributed by atoms with E-state index in [0.717, 1.165) is 28.8 Å². The van der Waals surface area contributed by atoms with Gasteiger partial charge in [0.15, 0.2) is 5.58 Å². The van der Waals surface area contributed by atoms with Crippen LogP contribution in [0.1, 0.15) is 27.0 Å². The number of imidazole rings is 1. The molecule has 0 aliphatic heterocycles. The van der Waals surface area contributed by atoms with E-state index in [1.54, 1.807) is 12.5 Å². The molecule has 5 aromatic rings. The second-order valence-electron chi connectivity index (χ2n) is 7.63. The molecule has 0 radical (unpaired) electrons. The van der Waals surface area contributed by atoms with Crippen LogP contribution >= 0.6 is 11.8 Å². The predicted molar refractivity (Wildman–Crippen MR) is 129 cm³/mol. The highest BCUT2D eigenvalue weighted by molar-refractivity contribution is 7.98. The molecule has 0 atom stereocenters. The Morgan fingerprint density at radius 2 is 1.76 bits per heavy atom. The van der Waals surface area contributed by atoms with E-state index in [1.807, 2.05) is 71.4 Å². The Morgan fingerprint density at radius 1 is 0.970 bits per heavy atom. The van der Waals surface area contributed by atoms with Gasteiger partial charge in [0.2, 0.25) is 0 Å². The summed E-state index contributed by atoms with van der Waals surface area (Å²) in [4.78, 5) is 21.5. The van der Waals surface area contributed by atoms with E-state index >= 15 is 0 Å². The third-order valence-electron chi connectivity index (χ3n) is 5.29. The lowest BCUT2D eigenvalue weighted by Gasteiger charge is -2.10. The number of fused-ring (bicyclic) bond motifs is 1. The van der Waals surface area contributed by atoms with Crippen molar-refractivity contribution in [1.82, 2.24) is 19.9 Å². The molecule has 6 nitrogen and oxygen atoms in total. The van der Waals surface area contributed by atoms with Crippen LogP contribution in [0.25, 0.3) is 11.1 Å². The molecule has 0 bridgehead atoms. The number of carbonyl (C=O) groups is 1. The summed E-state index contributed by atoms with van der Waals surface area (Å²) in [5, 5.41) is 3.64. The molecule has 0 spiro atoms. The molecule has 1 amide bonds. The molecular weight excluding hydrogens is 432 g/mol. The number of aromatic nitrogens is 3. The minimum atomic E-state index is -0.0914. The molecule has 7 heteroatoms. The molecule has 0 aliphatic rings. The zero-order valence-corrected chi connectivity index (χ0v) is 18.7. The number of nitrogens with zero attached hydrogens (tertiary/aromatic N) is 3. The molecule has 0 saturated carbocycles. The Balaban J connectivity index is 1.20. The van der Waals surface area contributed by atoms with Gasteiger partial charge in [-0.25, -0.2) is 9.97 Å². The Bertz CT molecular complexity index is 1330. The van der Waals surface area contributed by atoms with Gasteiger partial charge >= 0.3 is 0 Å². The number of oxazole rings is 1. The van der Waals surface area contributed by atoms with Crippen LogP contribution in [0.5, 0.6) is 0 Å². The van der Waals surface area contributed by atoms with Gasteiger partial charge in [-0.05, 0) is 34.9 Å². The number of benzene rings is 3. The van der Waals surface area contributed by atoms with Gasteiger partial charge in [-0.1, -0.05) is 66.4 Å². The third-order valence-corrected chi connectivity index (χ3v) is 6.16. The maximum Gasteiger partial charge on any atom is 0.257 e. The average molecular weight is 455 g/mol. The first-order chi connectivity index (χ1) is 16.2. The zero-order chi connectivity index (χ0) is 22.5. The van der Waals surface area contributed by atoms with Crippen molar-refractivity contribution in [1.29, 1.82) is 0 Å². The fourth-order valence-corrected chi connectivity index (χ4v) is 4.39. The van der Waals surface area contributed by atoms with Gasteiger partial charge in [0.1, 0.15) is 5.52 Å². The summed E-state index contributed by atoms with van der Waals surface area (Å²) in [5.41, 5.74) is 5.45. The van der Waals surface area contributed by atoms with Gasteiger partial charge < -0.3 is 14.3 Å². The number of carbonyl (C=O) groups excluding carboxylic acids is 1. The SMILES string of the molecule is O=C(NCc1ccc(Cn2ccnc2)cc1)c1ccccc1CSc1nc2ccccc2o1. The van der Waals surface area contributed by atoms with Crippen molar-refractivity contribution < 1.29 is 9.21 Å². The lowest BCUT2D eigenvalue weighted by Crippen LogP contribution is -2.23. The topological polar surface area (TPSA) is 73.0 Å².